The third kappa shape index (κ3) is 8.36. The van der Waals surface area contributed by atoms with Crippen LogP contribution in [0.15, 0.2) is 0 Å². The normalized spacial score (nSPS) is 12.6. The lowest BCUT2D eigenvalue weighted by molar-refractivity contribution is -0.143. The highest BCUT2D eigenvalue weighted by molar-refractivity contribution is 6.18. The first-order chi connectivity index (χ1) is 8.76. The molecule has 0 aliphatic carbocycles. The van der Waals surface area contributed by atoms with Crippen molar-refractivity contribution >= 4 is 29.5 Å². The van der Waals surface area contributed by atoms with E-state index in [0.29, 0.717) is 0 Å². The molecule has 0 heterocycles. The van der Waals surface area contributed by atoms with E-state index in [1.165, 1.54) is 16.8 Å². The summed E-state index contributed by atoms with van der Waals surface area (Å²) in [5.74, 6) is -3.29. The number of nitrogens with zero attached hydrogens (tertiary/aromatic N) is 2. The quantitative estimate of drug-likeness (QED) is 0.443. The number of rotatable bonds is 10. The van der Waals surface area contributed by atoms with Crippen LogP contribution in [0.1, 0.15) is 0 Å². The molecule has 0 aromatic rings. The number of likely N-dealkylation sites (N-methyl/N-ethyl adjacent to an activating group) is 1. The van der Waals surface area contributed by atoms with Crippen LogP contribution in [-0.2, 0) is 14.4 Å². The van der Waals surface area contributed by atoms with Crippen molar-refractivity contribution in [3.63, 3.8) is 0 Å². The van der Waals surface area contributed by atoms with Gasteiger partial charge in [0.1, 0.15) is 0 Å². The zero-order valence-corrected chi connectivity index (χ0v) is 11.2. The van der Waals surface area contributed by atoms with Crippen molar-refractivity contribution in [2.45, 2.75) is 6.04 Å². The minimum Gasteiger partial charge on any atom is -0.480 e. The molecule has 0 spiro atoms. The minimum atomic E-state index is -1.16. The monoisotopic (exact) mass is 296 g/mol. The molecule has 0 bridgehead atoms. The van der Waals surface area contributed by atoms with Crippen molar-refractivity contribution < 1.29 is 29.7 Å². The van der Waals surface area contributed by atoms with E-state index in [9.17, 15) is 14.4 Å². The Morgan fingerprint density at radius 3 is 1.74 bits per heavy atom. The minimum absolute atomic E-state index is 0.0614. The van der Waals surface area contributed by atoms with Gasteiger partial charge in [-0.1, -0.05) is 0 Å². The molecule has 0 amide bonds. The molecular formula is C10H17ClN2O6. The number of alkyl halides is 1. The molecule has 0 saturated carbocycles. The Kier molecular flexibility index (Phi) is 8.05. The molecule has 8 nitrogen and oxygen atoms in total. The van der Waals surface area contributed by atoms with Gasteiger partial charge >= 0.3 is 17.9 Å². The Hall–Kier alpha value is -1.38. The van der Waals surface area contributed by atoms with Crippen molar-refractivity contribution in [2.24, 2.45) is 0 Å². The second-order valence-electron chi connectivity index (χ2n) is 4.07. The molecule has 3 N–H and O–H groups in total. The van der Waals surface area contributed by atoms with Crippen LogP contribution in [0.4, 0.5) is 0 Å². The van der Waals surface area contributed by atoms with Crippen LogP contribution in [0.25, 0.3) is 0 Å². The Morgan fingerprint density at radius 1 is 1.00 bits per heavy atom. The molecule has 0 aliphatic rings. The summed E-state index contributed by atoms with van der Waals surface area (Å²) in [5, 5.41) is 26.0. The van der Waals surface area contributed by atoms with E-state index in [1.807, 2.05) is 0 Å². The molecule has 1 atom stereocenters. The molecule has 0 radical (unpaired) electrons. The van der Waals surface area contributed by atoms with Gasteiger partial charge in [0.15, 0.2) is 0 Å². The lowest BCUT2D eigenvalue weighted by atomic mass is 10.2. The Bertz CT molecular complexity index is 322. The fourth-order valence-corrected chi connectivity index (χ4v) is 1.85. The zero-order chi connectivity index (χ0) is 15.0. The average Bonchev–Trinajstić information content (AvgIpc) is 2.22. The fraction of sp³-hybridized carbons (Fsp3) is 0.700. The van der Waals surface area contributed by atoms with Crippen LogP contribution < -0.4 is 0 Å². The number of carbonyl (C=O) groups is 3. The number of carboxylic acid groups (broad SMARTS) is 3. The van der Waals surface area contributed by atoms with Crippen molar-refractivity contribution in [2.75, 3.05) is 39.1 Å². The standard InChI is InChI=1S/C10H17ClN2O6/c1-12(4-8(14)15)7(2-11)3-13(5-9(16)17)6-10(18)19/h7H,2-6H2,1H3,(H,14,15)(H,16,17)(H,18,19). The van der Waals surface area contributed by atoms with Gasteiger partial charge in [0.25, 0.3) is 0 Å². The molecule has 19 heavy (non-hydrogen) atoms. The van der Waals surface area contributed by atoms with Gasteiger partial charge in [-0.3, -0.25) is 24.2 Å². The van der Waals surface area contributed by atoms with Gasteiger partial charge in [0, 0.05) is 18.5 Å². The van der Waals surface area contributed by atoms with Crippen molar-refractivity contribution in [1.29, 1.82) is 0 Å². The van der Waals surface area contributed by atoms with Gasteiger partial charge < -0.3 is 15.3 Å². The summed E-state index contributed by atoms with van der Waals surface area (Å²) >= 11 is 5.71. The van der Waals surface area contributed by atoms with E-state index in [0.717, 1.165) is 0 Å². The molecule has 0 aromatic carbocycles. The van der Waals surface area contributed by atoms with E-state index in [1.54, 1.807) is 0 Å². The topological polar surface area (TPSA) is 118 Å². The number of carboxylic acids is 3. The predicted molar refractivity (Wildman–Crippen MR) is 66.5 cm³/mol. The lowest BCUT2D eigenvalue weighted by Crippen LogP contribution is -2.47. The maximum atomic E-state index is 10.6. The van der Waals surface area contributed by atoms with Crippen molar-refractivity contribution in [3.8, 4) is 0 Å². The highest BCUT2D eigenvalue weighted by Crippen LogP contribution is 2.03. The molecule has 0 aliphatic heterocycles. The van der Waals surface area contributed by atoms with E-state index in [4.69, 9.17) is 26.9 Å². The third-order valence-corrected chi connectivity index (χ3v) is 2.73. The lowest BCUT2D eigenvalue weighted by Gasteiger charge is -2.29. The SMILES string of the molecule is CN(CC(=O)O)C(CCl)CN(CC(=O)O)CC(=O)O. The molecule has 0 rings (SSSR count). The fourth-order valence-electron chi connectivity index (χ4n) is 1.51. The summed E-state index contributed by atoms with van der Waals surface area (Å²) in [7, 11) is 1.53. The number of halogens is 1. The largest absolute Gasteiger partial charge is 0.480 e. The first kappa shape index (κ1) is 17.6. The summed E-state index contributed by atoms with van der Waals surface area (Å²) < 4.78 is 0. The van der Waals surface area contributed by atoms with Crippen LogP contribution in [0.3, 0.4) is 0 Å². The van der Waals surface area contributed by atoms with Crippen LogP contribution in [0.5, 0.6) is 0 Å². The van der Waals surface area contributed by atoms with Crippen molar-refractivity contribution in [1.82, 2.24) is 9.80 Å². The number of aliphatic carboxylic acids is 3. The second kappa shape index (κ2) is 8.68. The highest BCUT2D eigenvalue weighted by atomic mass is 35.5. The van der Waals surface area contributed by atoms with Gasteiger partial charge in [-0.25, -0.2) is 0 Å². The molecule has 0 aromatic heterocycles. The van der Waals surface area contributed by atoms with Crippen LogP contribution in [0, 0.1) is 0 Å². The number of hydrogen-bond acceptors (Lipinski definition) is 5. The predicted octanol–water partition coefficient (Wildman–Crippen LogP) is -0.919. The van der Waals surface area contributed by atoms with E-state index < -0.39 is 37.0 Å². The Balaban J connectivity index is 4.61. The molecular weight excluding hydrogens is 280 g/mol. The van der Waals surface area contributed by atoms with Crippen LogP contribution >= 0.6 is 11.6 Å². The van der Waals surface area contributed by atoms with Gasteiger partial charge in [-0.05, 0) is 7.05 Å². The van der Waals surface area contributed by atoms with Gasteiger partial charge in [-0.2, -0.15) is 0 Å². The molecule has 110 valence electrons. The second-order valence-corrected chi connectivity index (χ2v) is 4.38. The maximum absolute atomic E-state index is 10.6. The van der Waals surface area contributed by atoms with E-state index >= 15 is 0 Å². The average molecular weight is 297 g/mol. The third-order valence-electron chi connectivity index (χ3n) is 2.37. The van der Waals surface area contributed by atoms with Gasteiger partial charge in [0.05, 0.1) is 19.6 Å². The molecule has 0 saturated heterocycles. The highest BCUT2D eigenvalue weighted by Gasteiger charge is 2.22. The zero-order valence-electron chi connectivity index (χ0n) is 10.5. The van der Waals surface area contributed by atoms with Crippen LogP contribution in [-0.4, -0.2) is 88.2 Å². The van der Waals surface area contributed by atoms with Gasteiger partial charge in [0.2, 0.25) is 0 Å². The Labute approximate surface area is 115 Å². The van der Waals surface area contributed by atoms with Crippen LogP contribution in [0.2, 0.25) is 0 Å². The van der Waals surface area contributed by atoms with E-state index in [2.05, 4.69) is 0 Å². The molecule has 1 unspecified atom stereocenters. The number of hydrogen-bond donors (Lipinski definition) is 3. The smallest absolute Gasteiger partial charge is 0.317 e. The summed E-state index contributed by atoms with van der Waals surface area (Å²) in [5.41, 5.74) is 0. The summed E-state index contributed by atoms with van der Waals surface area (Å²) in [6, 6.07) is -0.448. The van der Waals surface area contributed by atoms with Gasteiger partial charge in [-0.15, -0.1) is 11.6 Å². The summed E-state index contributed by atoms with van der Waals surface area (Å²) in [6.45, 7) is -1.08. The Morgan fingerprint density at radius 2 is 1.42 bits per heavy atom. The summed E-state index contributed by atoms with van der Waals surface area (Å²) in [6.07, 6.45) is 0. The first-order valence-corrected chi connectivity index (χ1v) is 5.93. The van der Waals surface area contributed by atoms with E-state index in [-0.39, 0.29) is 19.0 Å². The first-order valence-electron chi connectivity index (χ1n) is 5.40. The molecule has 0 fully saturated rings. The summed E-state index contributed by atoms with van der Waals surface area (Å²) in [4.78, 5) is 34.5. The van der Waals surface area contributed by atoms with Crippen molar-refractivity contribution in [3.05, 3.63) is 0 Å². The molecule has 9 heteroatoms. The maximum Gasteiger partial charge on any atom is 0.317 e.